The van der Waals surface area contributed by atoms with Crippen molar-refractivity contribution in [3.63, 3.8) is 0 Å². The van der Waals surface area contributed by atoms with Gasteiger partial charge in [0.2, 0.25) is 0 Å². The Morgan fingerprint density at radius 3 is 2.52 bits per heavy atom. The standard InChI is InChI=1S/C23H28N2O4/c1-22(2,3)29-19(26)12-11-17-20(23(17,4)5)21(27)28-15-16-9-8-10-18(24-16)25-13-6-7-14-25/h6-14,17,20H,15H2,1-5H3/t17-,20-/m0/s1. The van der Waals surface area contributed by atoms with Crippen molar-refractivity contribution in [3.8, 4) is 5.82 Å². The molecule has 2 atom stereocenters. The van der Waals surface area contributed by atoms with Gasteiger partial charge in [-0.05, 0) is 56.4 Å². The fourth-order valence-electron chi connectivity index (χ4n) is 3.42. The van der Waals surface area contributed by atoms with Crippen LogP contribution in [0.2, 0.25) is 0 Å². The van der Waals surface area contributed by atoms with Gasteiger partial charge in [0.15, 0.2) is 0 Å². The van der Waals surface area contributed by atoms with Crippen molar-refractivity contribution >= 4 is 11.9 Å². The van der Waals surface area contributed by atoms with E-state index in [-0.39, 0.29) is 29.8 Å². The van der Waals surface area contributed by atoms with E-state index in [4.69, 9.17) is 9.47 Å². The summed E-state index contributed by atoms with van der Waals surface area (Å²) in [5, 5.41) is 0. The molecule has 0 amide bonds. The lowest BCUT2D eigenvalue weighted by atomic mass is 10.1. The smallest absolute Gasteiger partial charge is 0.330 e. The molecule has 1 fully saturated rings. The van der Waals surface area contributed by atoms with E-state index in [1.807, 2.05) is 81.9 Å². The zero-order valence-corrected chi connectivity index (χ0v) is 17.6. The molecule has 2 heterocycles. The highest BCUT2D eigenvalue weighted by Gasteiger charge is 2.61. The van der Waals surface area contributed by atoms with E-state index in [0.717, 1.165) is 5.82 Å². The van der Waals surface area contributed by atoms with Crippen molar-refractivity contribution in [1.29, 1.82) is 0 Å². The summed E-state index contributed by atoms with van der Waals surface area (Å²) < 4.78 is 12.7. The Labute approximate surface area is 171 Å². The second-order valence-electron chi connectivity index (χ2n) is 8.90. The molecule has 2 aromatic rings. The molecule has 1 saturated carbocycles. The largest absolute Gasteiger partial charge is 0.459 e. The Morgan fingerprint density at radius 1 is 1.17 bits per heavy atom. The second kappa shape index (κ2) is 7.85. The molecular formula is C23H28N2O4. The average molecular weight is 396 g/mol. The van der Waals surface area contributed by atoms with E-state index in [1.165, 1.54) is 6.08 Å². The van der Waals surface area contributed by atoms with Gasteiger partial charge in [-0.25, -0.2) is 9.78 Å². The third-order valence-corrected chi connectivity index (χ3v) is 5.03. The predicted molar refractivity (Wildman–Crippen MR) is 109 cm³/mol. The topological polar surface area (TPSA) is 70.4 Å². The summed E-state index contributed by atoms with van der Waals surface area (Å²) in [7, 11) is 0. The zero-order valence-electron chi connectivity index (χ0n) is 17.6. The van der Waals surface area contributed by atoms with E-state index in [0.29, 0.717) is 5.69 Å². The number of nitrogens with zero attached hydrogens (tertiary/aromatic N) is 2. The molecule has 0 N–H and O–H groups in total. The quantitative estimate of drug-likeness (QED) is 0.543. The minimum Gasteiger partial charge on any atom is -0.459 e. The van der Waals surface area contributed by atoms with Crippen LogP contribution < -0.4 is 0 Å². The van der Waals surface area contributed by atoms with Crippen molar-refractivity contribution in [2.24, 2.45) is 17.3 Å². The first-order valence-corrected chi connectivity index (χ1v) is 9.75. The minimum absolute atomic E-state index is 0.0540. The highest BCUT2D eigenvalue weighted by atomic mass is 16.6. The summed E-state index contributed by atoms with van der Waals surface area (Å²) >= 11 is 0. The van der Waals surface area contributed by atoms with Crippen LogP contribution in [0.3, 0.4) is 0 Å². The highest BCUT2D eigenvalue weighted by molar-refractivity contribution is 5.83. The van der Waals surface area contributed by atoms with Gasteiger partial charge in [0.05, 0.1) is 11.6 Å². The Morgan fingerprint density at radius 2 is 1.86 bits per heavy atom. The number of ether oxygens (including phenoxy) is 2. The van der Waals surface area contributed by atoms with Crippen molar-refractivity contribution in [3.05, 3.63) is 60.6 Å². The van der Waals surface area contributed by atoms with Crippen LogP contribution in [-0.2, 0) is 25.7 Å². The van der Waals surface area contributed by atoms with Crippen molar-refractivity contribution < 1.29 is 19.1 Å². The number of hydrogen-bond acceptors (Lipinski definition) is 5. The zero-order chi connectivity index (χ0) is 21.2. The number of esters is 2. The molecule has 6 heteroatoms. The summed E-state index contributed by atoms with van der Waals surface area (Å²) in [6.07, 6.45) is 6.98. The predicted octanol–water partition coefficient (Wildman–Crippen LogP) is 4.09. The first-order valence-electron chi connectivity index (χ1n) is 9.75. The molecule has 0 aromatic carbocycles. The van der Waals surface area contributed by atoms with Crippen LogP contribution >= 0.6 is 0 Å². The summed E-state index contributed by atoms with van der Waals surface area (Å²) in [6.45, 7) is 9.56. The van der Waals surface area contributed by atoms with Crippen LogP contribution in [0.15, 0.2) is 54.9 Å². The Kier molecular flexibility index (Phi) is 5.64. The molecule has 0 spiro atoms. The molecule has 0 unspecified atom stereocenters. The molecule has 154 valence electrons. The van der Waals surface area contributed by atoms with Crippen LogP contribution in [0.4, 0.5) is 0 Å². The molecule has 6 nitrogen and oxygen atoms in total. The molecule has 1 aliphatic carbocycles. The number of allylic oxidation sites excluding steroid dienone is 1. The molecule has 0 bridgehead atoms. The summed E-state index contributed by atoms with van der Waals surface area (Å²) in [5.41, 5.74) is -0.110. The maximum Gasteiger partial charge on any atom is 0.330 e. The van der Waals surface area contributed by atoms with Crippen LogP contribution in [0, 0.1) is 17.3 Å². The Bertz CT molecular complexity index is 907. The molecule has 1 aliphatic rings. The number of carbonyl (C=O) groups excluding carboxylic acids is 2. The van der Waals surface area contributed by atoms with Crippen LogP contribution in [0.5, 0.6) is 0 Å². The van der Waals surface area contributed by atoms with Gasteiger partial charge < -0.3 is 14.0 Å². The minimum atomic E-state index is -0.541. The maximum atomic E-state index is 12.6. The fourth-order valence-corrected chi connectivity index (χ4v) is 3.42. The second-order valence-corrected chi connectivity index (χ2v) is 8.90. The van der Waals surface area contributed by atoms with E-state index in [2.05, 4.69) is 4.98 Å². The maximum absolute atomic E-state index is 12.6. The summed E-state index contributed by atoms with van der Waals surface area (Å²) in [4.78, 5) is 29.0. The van der Waals surface area contributed by atoms with E-state index in [9.17, 15) is 9.59 Å². The van der Waals surface area contributed by atoms with Gasteiger partial charge in [0.25, 0.3) is 0 Å². The van der Waals surface area contributed by atoms with Crippen molar-refractivity contribution in [2.75, 3.05) is 0 Å². The number of aromatic nitrogens is 2. The van der Waals surface area contributed by atoms with Gasteiger partial charge in [-0.3, -0.25) is 4.79 Å². The third-order valence-electron chi connectivity index (χ3n) is 5.03. The van der Waals surface area contributed by atoms with E-state index < -0.39 is 11.6 Å². The van der Waals surface area contributed by atoms with Crippen molar-refractivity contribution in [1.82, 2.24) is 9.55 Å². The number of rotatable bonds is 6. The summed E-state index contributed by atoms with van der Waals surface area (Å²) in [6, 6.07) is 9.47. The molecular weight excluding hydrogens is 368 g/mol. The van der Waals surface area contributed by atoms with Gasteiger partial charge in [-0.15, -0.1) is 0 Å². The monoisotopic (exact) mass is 396 g/mol. The average Bonchev–Trinajstić information content (AvgIpc) is 3.00. The van der Waals surface area contributed by atoms with Crippen LogP contribution in [-0.4, -0.2) is 27.1 Å². The lowest BCUT2D eigenvalue weighted by Gasteiger charge is -2.17. The van der Waals surface area contributed by atoms with Gasteiger partial charge in [-0.2, -0.15) is 0 Å². The molecule has 0 radical (unpaired) electrons. The van der Waals surface area contributed by atoms with Gasteiger partial charge in [0, 0.05) is 18.5 Å². The molecule has 29 heavy (non-hydrogen) atoms. The van der Waals surface area contributed by atoms with Gasteiger partial charge in [0.1, 0.15) is 18.0 Å². The lowest BCUT2D eigenvalue weighted by Crippen LogP contribution is -2.22. The Hall–Kier alpha value is -2.89. The van der Waals surface area contributed by atoms with Crippen LogP contribution in [0.25, 0.3) is 5.82 Å². The summed E-state index contributed by atoms with van der Waals surface area (Å²) in [5.74, 6) is -0.246. The number of pyridine rings is 1. The molecule has 2 aromatic heterocycles. The molecule has 3 rings (SSSR count). The first-order chi connectivity index (χ1) is 13.6. The molecule has 0 aliphatic heterocycles. The van der Waals surface area contributed by atoms with Gasteiger partial charge >= 0.3 is 11.9 Å². The normalized spacial score (nSPS) is 20.4. The SMILES string of the molecule is CC(C)(C)OC(=O)C=C[C@H]1[C@@H](C(=O)OCc2cccc(-n3cccc3)n2)C1(C)C. The lowest BCUT2D eigenvalue weighted by molar-refractivity contribution is -0.149. The van der Waals surface area contributed by atoms with Crippen LogP contribution in [0.1, 0.15) is 40.3 Å². The van der Waals surface area contributed by atoms with Crippen molar-refractivity contribution in [2.45, 2.75) is 46.8 Å². The Balaban J connectivity index is 1.57. The molecule has 0 saturated heterocycles. The van der Waals surface area contributed by atoms with E-state index >= 15 is 0 Å². The number of hydrogen-bond donors (Lipinski definition) is 0. The first kappa shape index (κ1) is 20.8. The fraction of sp³-hybridized carbons (Fsp3) is 0.435. The van der Waals surface area contributed by atoms with Gasteiger partial charge in [-0.1, -0.05) is 26.0 Å². The highest BCUT2D eigenvalue weighted by Crippen LogP contribution is 2.59. The van der Waals surface area contributed by atoms with E-state index in [1.54, 1.807) is 6.08 Å². The number of carbonyl (C=O) groups is 2. The third kappa shape index (κ3) is 5.13.